The molecule has 0 saturated carbocycles. The quantitative estimate of drug-likeness (QED) is 0.402. The lowest BCUT2D eigenvalue weighted by molar-refractivity contribution is -0.137. The molecule has 0 aromatic heterocycles. The Kier molecular flexibility index (Phi) is 7.23. The van der Waals surface area contributed by atoms with E-state index in [0.29, 0.717) is 15.7 Å². The number of hydrogen-bond acceptors (Lipinski definition) is 4. The lowest BCUT2D eigenvalue weighted by Gasteiger charge is -2.05. The van der Waals surface area contributed by atoms with Crippen molar-refractivity contribution in [3.8, 4) is 6.07 Å². The van der Waals surface area contributed by atoms with Crippen molar-refractivity contribution in [1.29, 1.82) is 5.26 Å². The van der Waals surface area contributed by atoms with Gasteiger partial charge < -0.3 is 15.7 Å². The summed E-state index contributed by atoms with van der Waals surface area (Å²) in [5, 5.41) is 23.5. The van der Waals surface area contributed by atoms with Crippen molar-refractivity contribution in [1.82, 2.24) is 5.32 Å². The second-order valence-corrected chi connectivity index (χ2v) is 5.10. The van der Waals surface area contributed by atoms with Crippen LogP contribution in [0.5, 0.6) is 0 Å². The fourth-order valence-electron chi connectivity index (χ4n) is 1.48. The zero-order valence-electron chi connectivity index (χ0n) is 11.4. The smallest absolute Gasteiger partial charge is 0.303 e. The largest absolute Gasteiger partial charge is 0.481 e. The maximum absolute atomic E-state index is 11.7. The molecule has 0 fully saturated rings. The van der Waals surface area contributed by atoms with Gasteiger partial charge in [-0.05, 0) is 24.6 Å². The van der Waals surface area contributed by atoms with Gasteiger partial charge in [0.1, 0.15) is 11.6 Å². The van der Waals surface area contributed by atoms with E-state index in [9.17, 15) is 9.59 Å². The van der Waals surface area contributed by atoms with Crippen molar-refractivity contribution in [3.63, 3.8) is 0 Å². The molecule has 0 aliphatic rings. The summed E-state index contributed by atoms with van der Waals surface area (Å²) in [6.07, 6.45) is 1.47. The number of nitrogens with zero attached hydrogens (tertiary/aromatic N) is 1. The molecule has 0 aliphatic heterocycles. The van der Waals surface area contributed by atoms with Gasteiger partial charge in [-0.2, -0.15) is 5.26 Å². The lowest BCUT2D eigenvalue weighted by Crippen LogP contribution is -2.26. The van der Waals surface area contributed by atoms with E-state index in [1.54, 1.807) is 24.3 Å². The Morgan fingerprint density at radius 3 is 2.45 bits per heavy atom. The van der Waals surface area contributed by atoms with Crippen molar-refractivity contribution in [2.45, 2.75) is 12.8 Å². The molecule has 1 aromatic rings. The van der Waals surface area contributed by atoms with Gasteiger partial charge in [-0.3, -0.25) is 9.59 Å². The third-order valence-electron chi connectivity index (χ3n) is 2.46. The second-order valence-electron chi connectivity index (χ2n) is 4.23. The summed E-state index contributed by atoms with van der Waals surface area (Å²) in [7, 11) is 0. The van der Waals surface area contributed by atoms with Crippen LogP contribution in [0.25, 0.3) is 0 Å². The number of hydrogen-bond donors (Lipinski definition) is 3. The summed E-state index contributed by atoms with van der Waals surface area (Å²) in [4.78, 5) is 22.1. The Hall–Kier alpha value is -2.23. The van der Waals surface area contributed by atoms with Crippen LogP contribution in [0.1, 0.15) is 12.8 Å². The first-order chi connectivity index (χ1) is 10.4. The molecule has 116 valence electrons. The van der Waals surface area contributed by atoms with Gasteiger partial charge in [0.15, 0.2) is 0 Å². The van der Waals surface area contributed by atoms with Crippen LogP contribution in [0.15, 0.2) is 30.0 Å². The summed E-state index contributed by atoms with van der Waals surface area (Å²) in [6.45, 7) is 0.174. The minimum atomic E-state index is -0.940. The molecule has 0 saturated heterocycles. The van der Waals surface area contributed by atoms with Gasteiger partial charge in [-0.15, -0.1) is 0 Å². The Balaban J connectivity index is 2.60. The second kappa shape index (κ2) is 8.93. The van der Waals surface area contributed by atoms with Crippen molar-refractivity contribution >= 4 is 40.8 Å². The highest BCUT2D eigenvalue weighted by atomic mass is 35.5. The summed E-state index contributed by atoms with van der Waals surface area (Å²) in [5.41, 5.74) is 0.385. The predicted octanol–water partition coefficient (Wildman–Crippen LogP) is 2.79. The van der Waals surface area contributed by atoms with Gasteiger partial charge in [-0.1, -0.05) is 23.2 Å². The van der Waals surface area contributed by atoms with Crippen LogP contribution in [0.3, 0.4) is 0 Å². The molecule has 0 bridgehead atoms. The molecular weight excluding hydrogens is 329 g/mol. The van der Waals surface area contributed by atoms with Crippen molar-refractivity contribution in [2.24, 2.45) is 0 Å². The van der Waals surface area contributed by atoms with E-state index in [4.69, 9.17) is 33.6 Å². The number of anilines is 1. The van der Waals surface area contributed by atoms with Crippen LogP contribution >= 0.6 is 23.2 Å². The summed E-state index contributed by atoms with van der Waals surface area (Å²) < 4.78 is 0. The van der Waals surface area contributed by atoms with Gasteiger partial charge in [0, 0.05) is 34.9 Å². The monoisotopic (exact) mass is 341 g/mol. The molecule has 8 heteroatoms. The van der Waals surface area contributed by atoms with E-state index in [2.05, 4.69) is 10.6 Å². The first kappa shape index (κ1) is 17.8. The number of carbonyl (C=O) groups excluding carboxylic acids is 1. The van der Waals surface area contributed by atoms with E-state index < -0.39 is 11.9 Å². The molecule has 0 atom stereocenters. The zero-order chi connectivity index (χ0) is 16.5. The summed E-state index contributed by atoms with van der Waals surface area (Å²) in [5.74, 6) is -1.53. The number of carbonyl (C=O) groups is 2. The SMILES string of the molecule is N#C/C(=C/Nc1cc(Cl)cc(Cl)c1)C(=O)NCCCC(=O)O. The van der Waals surface area contributed by atoms with E-state index in [-0.39, 0.29) is 25.0 Å². The van der Waals surface area contributed by atoms with Gasteiger partial charge in [0.05, 0.1) is 0 Å². The molecule has 22 heavy (non-hydrogen) atoms. The molecule has 0 spiro atoms. The number of nitriles is 1. The Labute approximate surface area is 137 Å². The predicted molar refractivity (Wildman–Crippen MR) is 83.7 cm³/mol. The van der Waals surface area contributed by atoms with Crippen molar-refractivity contribution in [2.75, 3.05) is 11.9 Å². The van der Waals surface area contributed by atoms with Crippen molar-refractivity contribution in [3.05, 3.63) is 40.0 Å². The van der Waals surface area contributed by atoms with Crippen LogP contribution in [0, 0.1) is 11.3 Å². The number of aliphatic carboxylic acids is 1. The maximum atomic E-state index is 11.7. The Bertz CT molecular complexity index is 618. The highest BCUT2D eigenvalue weighted by Crippen LogP contribution is 2.22. The number of halogens is 2. The first-order valence-electron chi connectivity index (χ1n) is 6.25. The fraction of sp³-hybridized carbons (Fsp3) is 0.214. The van der Waals surface area contributed by atoms with Gasteiger partial charge in [0.25, 0.3) is 5.91 Å². The molecule has 0 aliphatic carbocycles. The Morgan fingerprint density at radius 2 is 1.91 bits per heavy atom. The average molecular weight is 342 g/mol. The third kappa shape index (κ3) is 6.48. The molecule has 1 rings (SSSR count). The lowest BCUT2D eigenvalue weighted by atomic mass is 10.2. The van der Waals surface area contributed by atoms with Crippen LogP contribution in [-0.4, -0.2) is 23.5 Å². The van der Waals surface area contributed by atoms with E-state index in [0.717, 1.165) is 0 Å². The molecule has 0 heterocycles. The topological polar surface area (TPSA) is 102 Å². The fourth-order valence-corrected chi connectivity index (χ4v) is 2.00. The number of amides is 1. The molecule has 1 amide bonds. The number of carboxylic acid groups (broad SMARTS) is 1. The van der Waals surface area contributed by atoms with Gasteiger partial charge in [0.2, 0.25) is 0 Å². The molecule has 3 N–H and O–H groups in total. The molecule has 0 unspecified atom stereocenters. The number of carboxylic acids is 1. The highest BCUT2D eigenvalue weighted by molar-refractivity contribution is 6.35. The minimum absolute atomic E-state index is 0.0505. The molecular formula is C14H13Cl2N3O3. The number of rotatable bonds is 7. The van der Waals surface area contributed by atoms with E-state index >= 15 is 0 Å². The molecule has 6 nitrogen and oxygen atoms in total. The molecule has 0 radical (unpaired) electrons. The van der Waals surface area contributed by atoms with Crippen LogP contribution < -0.4 is 10.6 Å². The van der Waals surface area contributed by atoms with E-state index in [1.165, 1.54) is 6.20 Å². The Morgan fingerprint density at radius 1 is 1.27 bits per heavy atom. The maximum Gasteiger partial charge on any atom is 0.303 e. The van der Waals surface area contributed by atoms with Crippen LogP contribution in [0.4, 0.5) is 5.69 Å². The highest BCUT2D eigenvalue weighted by Gasteiger charge is 2.08. The van der Waals surface area contributed by atoms with E-state index in [1.807, 2.05) is 0 Å². The number of nitrogens with one attached hydrogen (secondary N) is 2. The van der Waals surface area contributed by atoms with Gasteiger partial charge in [-0.25, -0.2) is 0 Å². The van der Waals surface area contributed by atoms with Crippen LogP contribution in [0.2, 0.25) is 10.0 Å². The summed E-state index contributed by atoms with van der Waals surface area (Å²) >= 11 is 11.7. The number of benzene rings is 1. The average Bonchev–Trinajstić information content (AvgIpc) is 2.43. The molecule has 1 aromatic carbocycles. The normalized spacial score (nSPS) is 10.7. The standard InChI is InChI=1S/C14H13Cl2N3O3/c15-10-4-11(16)6-12(5-10)19-8-9(7-17)14(22)18-3-1-2-13(20)21/h4-6,8,19H,1-3H2,(H,18,22)(H,20,21)/b9-8-. The minimum Gasteiger partial charge on any atom is -0.481 e. The van der Waals surface area contributed by atoms with Crippen molar-refractivity contribution < 1.29 is 14.7 Å². The first-order valence-corrected chi connectivity index (χ1v) is 7.01. The zero-order valence-corrected chi connectivity index (χ0v) is 12.9. The van der Waals surface area contributed by atoms with Gasteiger partial charge >= 0.3 is 5.97 Å². The third-order valence-corrected chi connectivity index (χ3v) is 2.90. The van der Waals surface area contributed by atoms with Crippen LogP contribution in [-0.2, 0) is 9.59 Å². The summed E-state index contributed by atoms with van der Waals surface area (Å²) in [6, 6.07) is 6.48.